The Morgan fingerprint density at radius 3 is 2.47 bits per heavy atom. The van der Waals surface area contributed by atoms with E-state index in [1.165, 1.54) is 0 Å². The van der Waals surface area contributed by atoms with Gasteiger partial charge in [-0.15, -0.1) is 11.3 Å². The van der Waals surface area contributed by atoms with Crippen LogP contribution in [-0.4, -0.2) is 4.98 Å². The normalized spacial score (nSPS) is 10.6. The van der Waals surface area contributed by atoms with E-state index in [4.69, 9.17) is 23.2 Å². The van der Waals surface area contributed by atoms with Gasteiger partial charge in [-0.05, 0) is 24.6 Å². The van der Waals surface area contributed by atoms with Crippen LogP contribution in [0, 0.1) is 6.92 Å². The monoisotopic (exact) mass is 257 g/mol. The Balaban J connectivity index is 2.31. The van der Waals surface area contributed by atoms with Crippen LogP contribution in [0.5, 0.6) is 0 Å². The number of halogens is 2. The molecule has 0 aliphatic rings. The highest BCUT2D eigenvalue weighted by Crippen LogP contribution is 2.27. The van der Waals surface area contributed by atoms with Gasteiger partial charge < -0.3 is 0 Å². The molecular weight excluding hydrogens is 249 g/mol. The summed E-state index contributed by atoms with van der Waals surface area (Å²) in [4.78, 5) is 4.39. The molecule has 0 N–H and O–H groups in total. The van der Waals surface area contributed by atoms with E-state index in [0.29, 0.717) is 16.5 Å². The molecule has 0 bridgehead atoms. The van der Waals surface area contributed by atoms with E-state index >= 15 is 0 Å². The fourth-order valence-corrected chi connectivity index (χ4v) is 2.65. The number of hydrogen-bond acceptors (Lipinski definition) is 2. The lowest BCUT2D eigenvalue weighted by atomic mass is 10.1. The Kier molecular flexibility index (Phi) is 3.29. The molecule has 0 radical (unpaired) electrons. The van der Waals surface area contributed by atoms with E-state index in [1.807, 2.05) is 30.5 Å². The first-order valence-electron chi connectivity index (χ1n) is 4.50. The topological polar surface area (TPSA) is 12.9 Å². The molecule has 1 aromatic carbocycles. The summed E-state index contributed by atoms with van der Waals surface area (Å²) in [5.41, 5.74) is 1.99. The molecule has 0 saturated heterocycles. The predicted octanol–water partition coefficient (Wildman–Crippen LogP) is 4.35. The molecule has 0 saturated carbocycles. The lowest BCUT2D eigenvalue weighted by Crippen LogP contribution is -1.90. The molecule has 2 rings (SSSR count). The van der Waals surface area contributed by atoms with Crippen LogP contribution in [0.1, 0.15) is 16.3 Å². The van der Waals surface area contributed by atoms with Crippen molar-refractivity contribution in [3.63, 3.8) is 0 Å². The zero-order valence-electron chi connectivity index (χ0n) is 8.13. The van der Waals surface area contributed by atoms with Crippen LogP contribution in [0.3, 0.4) is 0 Å². The minimum atomic E-state index is 0.704. The van der Waals surface area contributed by atoms with Gasteiger partial charge in [0.25, 0.3) is 0 Å². The van der Waals surface area contributed by atoms with Gasteiger partial charge >= 0.3 is 0 Å². The summed E-state index contributed by atoms with van der Waals surface area (Å²) >= 11 is 13.8. The maximum atomic E-state index is 6.08. The third-order valence-corrected chi connectivity index (χ3v) is 3.73. The first-order valence-corrected chi connectivity index (χ1v) is 6.14. The summed E-state index contributed by atoms with van der Waals surface area (Å²) in [5.74, 6) is 0. The minimum Gasteiger partial charge on any atom is -0.246 e. The van der Waals surface area contributed by atoms with Crippen LogP contribution in [0.4, 0.5) is 0 Å². The van der Waals surface area contributed by atoms with E-state index < -0.39 is 0 Å². The van der Waals surface area contributed by atoms with E-state index in [-0.39, 0.29) is 0 Å². The van der Waals surface area contributed by atoms with Crippen molar-refractivity contribution in [2.24, 2.45) is 0 Å². The van der Waals surface area contributed by atoms with Gasteiger partial charge in [-0.25, -0.2) is 4.98 Å². The Labute approximate surface area is 103 Å². The lowest BCUT2D eigenvalue weighted by Gasteiger charge is -2.03. The lowest BCUT2D eigenvalue weighted by molar-refractivity contribution is 1.10. The number of thiazole rings is 1. The minimum absolute atomic E-state index is 0.704. The molecule has 78 valence electrons. The summed E-state index contributed by atoms with van der Waals surface area (Å²) in [5, 5.41) is 4.48. The quantitative estimate of drug-likeness (QED) is 0.780. The molecule has 2 aromatic rings. The molecular formula is C11H9Cl2NS. The van der Waals surface area contributed by atoms with Gasteiger partial charge in [-0.1, -0.05) is 29.3 Å². The second-order valence-corrected chi connectivity index (χ2v) is 5.02. The van der Waals surface area contributed by atoms with Gasteiger partial charge in [-0.2, -0.15) is 0 Å². The van der Waals surface area contributed by atoms with E-state index in [2.05, 4.69) is 4.98 Å². The van der Waals surface area contributed by atoms with Crippen LogP contribution in [-0.2, 0) is 6.42 Å². The molecule has 1 heterocycles. The molecule has 0 aliphatic carbocycles. The Bertz CT molecular complexity index is 459. The highest BCUT2D eigenvalue weighted by molar-refractivity contribution is 7.09. The van der Waals surface area contributed by atoms with Gasteiger partial charge in [0.2, 0.25) is 0 Å². The largest absolute Gasteiger partial charge is 0.246 e. The first-order chi connectivity index (χ1) is 7.16. The SMILES string of the molecule is Cc1csc(Cc2c(Cl)cccc2Cl)n1. The summed E-state index contributed by atoms with van der Waals surface area (Å²) in [7, 11) is 0. The summed E-state index contributed by atoms with van der Waals surface area (Å²) in [6.07, 6.45) is 0.705. The average Bonchev–Trinajstić information content (AvgIpc) is 2.58. The van der Waals surface area contributed by atoms with Gasteiger partial charge in [0.1, 0.15) is 0 Å². The molecule has 0 atom stereocenters. The highest BCUT2D eigenvalue weighted by atomic mass is 35.5. The smallest absolute Gasteiger partial charge is 0.0973 e. The van der Waals surface area contributed by atoms with E-state index in [9.17, 15) is 0 Å². The number of aryl methyl sites for hydroxylation is 1. The van der Waals surface area contributed by atoms with Crippen molar-refractivity contribution >= 4 is 34.5 Å². The summed E-state index contributed by atoms with van der Waals surface area (Å²) in [6.45, 7) is 1.98. The van der Waals surface area contributed by atoms with Crippen molar-refractivity contribution in [1.29, 1.82) is 0 Å². The van der Waals surface area contributed by atoms with E-state index in [1.54, 1.807) is 11.3 Å². The first kappa shape index (κ1) is 10.9. The van der Waals surface area contributed by atoms with Crippen LogP contribution >= 0.6 is 34.5 Å². The Morgan fingerprint density at radius 1 is 1.27 bits per heavy atom. The van der Waals surface area contributed by atoms with Crippen molar-refractivity contribution in [3.8, 4) is 0 Å². The molecule has 0 amide bonds. The molecule has 0 aliphatic heterocycles. The second-order valence-electron chi connectivity index (χ2n) is 3.26. The molecule has 0 spiro atoms. The van der Waals surface area contributed by atoms with E-state index in [0.717, 1.165) is 16.3 Å². The van der Waals surface area contributed by atoms with Crippen LogP contribution in [0.25, 0.3) is 0 Å². The fourth-order valence-electron chi connectivity index (χ4n) is 1.34. The van der Waals surface area contributed by atoms with Gasteiger partial charge in [0.05, 0.1) is 5.01 Å². The maximum absolute atomic E-state index is 6.08. The summed E-state index contributed by atoms with van der Waals surface area (Å²) < 4.78 is 0. The van der Waals surface area contributed by atoms with Crippen LogP contribution < -0.4 is 0 Å². The van der Waals surface area contributed by atoms with Gasteiger partial charge in [-0.3, -0.25) is 0 Å². The molecule has 1 aromatic heterocycles. The van der Waals surface area contributed by atoms with Crippen LogP contribution in [0.15, 0.2) is 23.6 Å². The zero-order chi connectivity index (χ0) is 10.8. The standard InChI is InChI=1S/C11H9Cl2NS/c1-7-6-15-11(14-7)5-8-9(12)3-2-4-10(8)13/h2-4,6H,5H2,1H3. The van der Waals surface area contributed by atoms with Gasteiger partial charge in [0.15, 0.2) is 0 Å². The summed E-state index contributed by atoms with van der Waals surface area (Å²) in [6, 6.07) is 5.55. The molecule has 1 nitrogen and oxygen atoms in total. The number of nitrogens with zero attached hydrogens (tertiary/aromatic N) is 1. The Hall–Kier alpha value is -0.570. The van der Waals surface area contributed by atoms with Crippen molar-refractivity contribution in [2.45, 2.75) is 13.3 Å². The fraction of sp³-hybridized carbons (Fsp3) is 0.182. The number of rotatable bonds is 2. The maximum Gasteiger partial charge on any atom is 0.0973 e. The average molecular weight is 258 g/mol. The number of aromatic nitrogens is 1. The van der Waals surface area contributed by atoms with Gasteiger partial charge in [0, 0.05) is 27.5 Å². The van der Waals surface area contributed by atoms with Crippen molar-refractivity contribution < 1.29 is 0 Å². The second kappa shape index (κ2) is 4.52. The molecule has 0 fully saturated rings. The Morgan fingerprint density at radius 2 is 1.93 bits per heavy atom. The third kappa shape index (κ3) is 2.51. The van der Waals surface area contributed by atoms with Crippen LogP contribution in [0.2, 0.25) is 10.0 Å². The van der Waals surface area contributed by atoms with Crippen molar-refractivity contribution in [1.82, 2.24) is 4.98 Å². The third-order valence-electron chi connectivity index (χ3n) is 2.06. The van der Waals surface area contributed by atoms with Crippen molar-refractivity contribution in [3.05, 3.63) is 49.9 Å². The highest BCUT2D eigenvalue weighted by Gasteiger charge is 2.08. The number of hydrogen-bond donors (Lipinski definition) is 0. The molecule has 0 unspecified atom stereocenters. The predicted molar refractivity (Wildman–Crippen MR) is 66.1 cm³/mol. The molecule has 15 heavy (non-hydrogen) atoms. The zero-order valence-corrected chi connectivity index (χ0v) is 10.5. The van der Waals surface area contributed by atoms with Crippen molar-refractivity contribution in [2.75, 3.05) is 0 Å². The molecule has 4 heteroatoms. The number of benzene rings is 1.